The lowest BCUT2D eigenvalue weighted by molar-refractivity contribution is 0.254. The Morgan fingerprint density at radius 1 is 0.941 bits per heavy atom. The second-order valence-corrected chi connectivity index (χ2v) is 5.71. The van der Waals surface area contributed by atoms with Gasteiger partial charge in [-0.15, -0.1) is 0 Å². The second-order valence-electron chi connectivity index (χ2n) is 5.71. The van der Waals surface area contributed by atoms with Crippen molar-refractivity contribution in [2.24, 2.45) is 5.92 Å². The Balaban J connectivity index is 1.86. The van der Waals surface area contributed by atoms with E-state index < -0.39 is 0 Å². The zero-order chi connectivity index (χ0) is 12.3. The lowest BCUT2D eigenvalue weighted by atomic mass is 9.86. The highest BCUT2D eigenvalue weighted by Gasteiger charge is 2.20. The standard InChI is InChI=1S/C15H32N2/c1-3-4-5-6-7-10-13-16-17-15-12-9-8-11-14(15)2/h14-17H,3-13H2,1-2H3. The lowest BCUT2D eigenvalue weighted by Gasteiger charge is -2.29. The van der Waals surface area contributed by atoms with Crippen molar-refractivity contribution in [1.29, 1.82) is 0 Å². The lowest BCUT2D eigenvalue weighted by Crippen LogP contribution is -2.45. The molecule has 0 aromatic heterocycles. The van der Waals surface area contributed by atoms with Crippen LogP contribution in [0.5, 0.6) is 0 Å². The molecule has 0 radical (unpaired) electrons. The molecule has 1 aliphatic carbocycles. The largest absolute Gasteiger partial charge is 0.258 e. The van der Waals surface area contributed by atoms with Crippen molar-refractivity contribution < 1.29 is 0 Å². The first-order valence-corrected chi connectivity index (χ1v) is 7.83. The first-order valence-electron chi connectivity index (χ1n) is 7.83. The van der Waals surface area contributed by atoms with Crippen LogP contribution in [0.4, 0.5) is 0 Å². The monoisotopic (exact) mass is 240 g/mol. The van der Waals surface area contributed by atoms with Gasteiger partial charge in [0.25, 0.3) is 0 Å². The van der Waals surface area contributed by atoms with E-state index >= 15 is 0 Å². The molecule has 0 amide bonds. The maximum Gasteiger partial charge on any atom is 0.0238 e. The first kappa shape index (κ1) is 15.0. The van der Waals surface area contributed by atoms with E-state index in [1.54, 1.807) is 0 Å². The fourth-order valence-electron chi connectivity index (χ4n) is 2.73. The second kappa shape index (κ2) is 9.90. The number of hydrogen-bond donors (Lipinski definition) is 2. The summed E-state index contributed by atoms with van der Waals surface area (Å²) in [4.78, 5) is 0. The molecule has 1 rings (SSSR count). The van der Waals surface area contributed by atoms with Gasteiger partial charge in [-0.2, -0.15) is 0 Å². The molecule has 1 saturated carbocycles. The van der Waals surface area contributed by atoms with Crippen LogP contribution in [-0.4, -0.2) is 12.6 Å². The van der Waals surface area contributed by atoms with Gasteiger partial charge >= 0.3 is 0 Å². The molecular weight excluding hydrogens is 208 g/mol. The van der Waals surface area contributed by atoms with E-state index in [2.05, 4.69) is 24.7 Å². The van der Waals surface area contributed by atoms with Crippen molar-refractivity contribution in [2.75, 3.05) is 6.54 Å². The topological polar surface area (TPSA) is 24.1 Å². The highest BCUT2D eigenvalue weighted by molar-refractivity contribution is 4.76. The molecule has 0 aromatic carbocycles. The third-order valence-corrected chi connectivity index (χ3v) is 4.05. The predicted molar refractivity (Wildman–Crippen MR) is 75.9 cm³/mol. The molecule has 2 nitrogen and oxygen atoms in total. The summed E-state index contributed by atoms with van der Waals surface area (Å²) < 4.78 is 0. The molecule has 0 saturated heterocycles. The maximum absolute atomic E-state index is 3.52. The highest BCUT2D eigenvalue weighted by atomic mass is 15.4. The van der Waals surface area contributed by atoms with Crippen molar-refractivity contribution in [3.8, 4) is 0 Å². The Morgan fingerprint density at radius 3 is 2.41 bits per heavy atom. The molecule has 2 unspecified atom stereocenters. The third kappa shape index (κ3) is 7.05. The molecule has 1 aliphatic rings. The summed E-state index contributed by atoms with van der Waals surface area (Å²) in [6.07, 6.45) is 13.9. The Kier molecular flexibility index (Phi) is 8.72. The minimum absolute atomic E-state index is 0.712. The van der Waals surface area contributed by atoms with Gasteiger partial charge in [0.1, 0.15) is 0 Å². The van der Waals surface area contributed by atoms with Gasteiger partial charge in [0.2, 0.25) is 0 Å². The van der Waals surface area contributed by atoms with Gasteiger partial charge in [-0.1, -0.05) is 58.8 Å². The normalized spacial score (nSPS) is 25.1. The summed E-state index contributed by atoms with van der Waals surface area (Å²) >= 11 is 0. The number of unbranched alkanes of at least 4 members (excludes halogenated alkanes) is 5. The van der Waals surface area contributed by atoms with Gasteiger partial charge < -0.3 is 0 Å². The van der Waals surface area contributed by atoms with E-state index in [0.29, 0.717) is 6.04 Å². The fourth-order valence-corrected chi connectivity index (χ4v) is 2.73. The van der Waals surface area contributed by atoms with Crippen molar-refractivity contribution in [2.45, 2.75) is 84.1 Å². The Bertz CT molecular complexity index is 170. The highest BCUT2D eigenvalue weighted by Crippen LogP contribution is 2.23. The molecular formula is C15H32N2. The average molecular weight is 240 g/mol. The first-order chi connectivity index (χ1) is 8.34. The van der Waals surface area contributed by atoms with Crippen LogP contribution in [0.15, 0.2) is 0 Å². The van der Waals surface area contributed by atoms with Crippen molar-refractivity contribution in [3.05, 3.63) is 0 Å². The molecule has 0 aliphatic heterocycles. The Labute approximate surface area is 108 Å². The van der Waals surface area contributed by atoms with Crippen molar-refractivity contribution in [1.82, 2.24) is 10.9 Å². The van der Waals surface area contributed by atoms with Gasteiger partial charge in [0.15, 0.2) is 0 Å². The van der Waals surface area contributed by atoms with Gasteiger partial charge in [-0.3, -0.25) is 10.9 Å². The van der Waals surface area contributed by atoms with Crippen LogP contribution in [0.25, 0.3) is 0 Å². The minimum Gasteiger partial charge on any atom is -0.258 e. The average Bonchev–Trinajstić information content (AvgIpc) is 2.35. The maximum atomic E-state index is 3.52. The number of rotatable bonds is 9. The number of hydrogen-bond acceptors (Lipinski definition) is 2. The Hall–Kier alpha value is -0.0800. The summed E-state index contributed by atoms with van der Waals surface area (Å²) in [6, 6.07) is 0.712. The van der Waals surface area contributed by atoms with E-state index in [0.717, 1.165) is 12.5 Å². The van der Waals surface area contributed by atoms with Crippen LogP contribution < -0.4 is 10.9 Å². The van der Waals surface area contributed by atoms with Crippen LogP contribution in [0, 0.1) is 5.92 Å². The molecule has 102 valence electrons. The molecule has 2 heteroatoms. The van der Waals surface area contributed by atoms with E-state index in [-0.39, 0.29) is 0 Å². The predicted octanol–water partition coefficient (Wildman–Crippen LogP) is 4.02. The Morgan fingerprint density at radius 2 is 1.65 bits per heavy atom. The molecule has 0 heterocycles. The summed E-state index contributed by atoms with van der Waals surface area (Å²) in [5.41, 5.74) is 6.95. The van der Waals surface area contributed by atoms with Gasteiger partial charge in [0.05, 0.1) is 0 Å². The molecule has 0 spiro atoms. The quantitative estimate of drug-likeness (QED) is 0.470. The summed E-state index contributed by atoms with van der Waals surface area (Å²) in [6.45, 7) is 5.79. The summed E-state index contributed by atoms with van der Waals surface area (Å²) in [7, 11) is 0. The van der Waals surface area contributed by atoms with Crippen LogP contribution in [0.3, 0.4) is 0 Å². The minimum atomic E-state index is 0.712. The molecule has 0 bridgehead atoms. The smallest absolute Gasteiger partial charge is 0.0238 e. The van der Waals surface area contributed by atoms with Crippen LogP contribution in [0.1, 0.15) is 78.1 Å². The zero-order valence-corrected chi connectivity index (χ0v) is 11.9. The third-order valence-electron chi connectivity index (χ3n) is 4.05. The van der Waals surface area contributed by atoms with E-state index in [9.17, 15) is 0 Å². The number of hydrazine groups is 1. The summed E-state index contributed by atoms with van der Waals surface area (Å²) in [5.74, 6) is 0.848. The van der Waals surface area contributed by atoms with E-state index in [1.807, 2.05) is 0 Å². The van der Waals surface area contributed by atoms with E-state index in [1.165, 1.54) is 64.2 Å². The van der Waals surface area contributed by atoms with Crippen molar-refractivity contribution >= 4 is 0 Å². The van der Waals surface area contributed by atoms with Gasteiger partial charge in [0, 0.05) is 12.6 Å². The molecule has 2 N–H and O–H groups in total. The molecule has 1 fully saturated rings. The van der Waals surface area contributed by atoms with Gasteiger partial charge in [-0.25, -0.2) is 0 Å². The van der Waals surface area contributed by atoms with Crippen LogP contribution in [-0.2, 0) is 0 Å². The van der Waals surface area contributed by atoms with Crippen LogP contribution >= 0.6 is 0 Å². The number of nitrogens with one attached hydrogen (secondary N) is 2. The fraction of sp³-hybridized carbons (Fsp3) is 1.00. The molecule has 0 aromatic rings. The SMILES string of the molecule is CCCCCCCCNNC1CCCCC1C. The summed E-state index contributed by atoms with van der Waals surface area (Å²) in [5, 5.41) is 0. The molecule has 17 heavy (non-hydrogen) atoms. The molecule has 2 atom stereocenters. The van der Waals surface area contributed by atoms with E-state index in [4.69, 9.17) is 0 Å². The van der Waals surface area contributed by atoms with Crippen LogP contribution in [0.2, 0.25) is 0 Å². The van der Waals surface area contributed by atoms with Gasteiger partial charge in [-0.05, 0) is 25.2 Å². The zero-order valence-electron chi connectivity index (χ0n) is 11.9. The van der Waals surface area contributed by atoms with Crippen molar-refractivity contribution in [3.63, 3.8) is 0 Å².